The second-order valence-corrected chi connectivity index (χ2v) is 6.38. The van der Waals surface area contributed by atoms with E-state index < -0.39 is 6.10 Å². The lowest BCUT2D eigenvalue weighted by atomic mass is 10.2. The van der Waals surface area contributed by atoms with Gasteiger partial charge in [-0.25, -0.2) is 4.98 Å². The molecule has 0 saturated carbocycles. The number of aliphatic hydroxyl groups excluding tert-OH is 1. The van der Waals surface area contributed by atoms with Crippen LogP contribution in [0.5, 0.6) is 0 Å². The van der Waals surface area contributed by atoms with Crippen molar-refractivity contribution in [3.8, 4) is 0 Å². The molecule has 7 nitrogen and oxygen atoms in total. The maximum atomic E-state index is 12.7. The molecule has 2 aromatic heterocycles. The molecule has 1 N–H and O–H groups in total. The Morgan fingerprint density at radius 2 is 2.32 bits per heavy atom. The molecule has 0 aromatic carbocycles. The summed E-state index contributed by atoms with van der Waals surface area (Å²) in [6, 6.07) is 0. The summed E-state index contributed by atoms with van der Waals surface area (Å²) in [6.45, 7) is 3.05. The fraction of sp³-hybridized carbons (Fsp3) is 0.500. The number of aryl methyl sites for hydroxylation is 2. The van der Waals surface area contributed by atoms with Crippen LogP contribution in [0.25, 0.3) is 10.2 Å². The number of ether oxygens (including phenoxy) is 1. The molecule has 118 valence electrons. The van der Waals surface area contributed by atoms with E-state index in [9.17, 15) is 14.7 Å². The minimum atomic E-state index is -0.688. The highest BCUT2D eigenvalue weighted by Gasteiger charge is 2.26. The molecule has 8 heteroatoms. The maximum Gasteiger partial charge on any atom is 0.264 e. The van der Waals surface area contributed by atoms with Gasteiger partial charge in [0.15, 0.2) is 0 Å². The Bertz CT molecular complexity index is 782. The number of nitrogens with zero attached hydrogens (tertiary/aromatic N) is 3. The van der Waals surface area contributed by atoms with Gasteiger partial charge in [-0.3, -0.25) is 9.59 Å². The van der Waals surface area contributed by atoms with Gasteiger partial charge in [0, 0.05) is 20.1 Å². The molecule has 2 aromatic rings. The van der Waals surface area contributed by atoms with Gasteiger partial charge in [0.05, 0.1) is 35.9 Å². The van der Waals surface area contributed by atoms with E-state index in [4.69, 9.17) is 4.74 Å². The molecule has 1 aliphatic rings. The predicted molar refractivity (Wildman–Crippen MR) is 82.3 cm³/mol. The fourth-order valence-corrected chi connectivity index (χ4v) is 3.64. The minimum absolute atomic E-state index is 0.156. The summed E-state index contributed by atoms with van der Waals surface area (Å²) < 4.78 is 6.64. The quantitative estimate of drug-likeness (QED) is 0.807. The number of hydrogen-bond acceptors (Lipinski definition) is 6. The van der Waals surface area contributed by atoms with E-state index in [-0.39, 0.29) is 24.6 Å². The van der Waals surface area contributed by atoms with Crippen molar-refractivity contribution in [2.45, 2.75) is 13.0 Å². The van der Waals surface area contributed by atoms with Gasteiger partial charge in [-0.15, -0.1) is 11.3 Å². The van der Waals surface area contributed by atoms with Crippen molar-refractivity contribution in [1.29, 1.82) is 0 Å². The van der Waals surface area contributed by atoms with E-state index in [1.807, 2.05) is 0 Å². The normalized spacial score (nSPS) is 19.4. The van der Waals surface area contributed by atoms with Gasteiger partial charge in [0.2, 0.25) is 0 Å². The number of aliphatic hydroxyl groups is 1. The molecule has 0 spiro atoms. The van der Waals surface area contributed by atoms with Gasteiger partial charge in [-0.2, -0.15) is 0 Å². The summed E-state index contributed by atoms with van der Waals surface area (Å²) in [5.74, 6) is -0.188. The second kappa shape index (κ2) is 5.79. The number of aromatic nitrogens is 2. The number of rotatable bonds is 1. The highest BCUT2D eigenvalue weighted by Crippen LogP contribution is 2.28. The van der Waals surface area contributed by atoms with E-state index >= 15 is 0 Å². The fourth-order valence-electron chi connectivity index (χ4n) is 2.53. The van der Waals surface area contributed by atoms with E-state index in [1.165, 1.54) is 22.2 Å². The third-order valence-electron chi connectivity index (χ3n) is 3.74. The molecule has 0 bridgehead atoms. The van der Waals surface area contributed by atoms with Crippen molar-refractivity contribution in [1.82, 2.24) is 14.5 Å². The van der Waals surface area contributed by atoms with Crippen molar-refractivity contribution in [2.75, 3.05) is 26.3 Å². The Morgan fingerprint density at radius 1 is 1.55 bits per heavy atom. The van der Waals surface area contributed by atoms with Crippen LogP contribution in [0.3, 0.4) is 0 Å². The van der Waals surface area contributed by atoms with Crippen molar-refractivity contribution >= 4 is 27.5 Å². The highest BCUT2D eigenvalue weighted by atomic mass is 32.1. The molecule has 1 saturated heterocycles. The highest BCUT2D eigenvalue weighted by molar-refractivity contribution is 7.20. The first-order chi connectivity index (χ1) is 10.5. The van der Waals surface area contributed by atoms with Crippen LogP contribution in [0, 0.1) is 6.92 Å². The third-order valence-corrected chi connectivity index (χ3v) is 4.93. The van der Waals surface area contributed by atoms with Crippen molar-refractivity contribution < 1.29 is 14.6 Å². The van der Waals surface area contributed by atoms with Crippen LogP contribution in [0.1, 0.15) is 15.2 Å². The van der Waals surface area contributed by atoms with Crippen molar-refractivity contribution in [3.05, 3.63) is 27.1 Å². The Hall–Kier alpha value is -1.77. The summed E-state index contributed by atoms with van der Waals surface area (Å²) in [5.41, 5.74) is 0.496. The average molecular weight is 323 g/mol. The van der Waals surface area contributed by atoms with Crippen LogP contribution < -0.4 is 5.56 Å². The summed E-state index contributed by atoms with van der Waals surface area (Å²) >= 11 is 1.22. The van der Waals surface area contributed by atoms with Crippen molar-refractivity contribution in [3.63, 3.8) is 0 Å². The van der Waals surface area contributed by atoms with Crippen LogP contribution >= 0.6 is 11.3 Å². The van der Waals surface area contributed by atoms with E-state index in [0.29, 0.717) is 33.8 Å². The maximum absolute atomic E-state index is 12.7. The molecular formula is C14H17N3O4S. The first-order valence-corrected chi connectivity index (χ1v) is 7.80. The SMILES string of the molecule is Cc1c(C(=O)N2CCOCC(O)C2)sc2ncn(C)c(=O)c12. The summed E-state index contributed by atoms with van der Waals surface area (Å²) in [4.78, 5) is 31.8. The van der Waals surface area contributed by atoms with E-state index in [0.717, 1.165) is 0 Å². The molecule has 1 fully saturated rings. The van der Waals surface area contributed by atoms with Crippen LogP contribution in [0.15, 0.2) is 11.1 Å². The summed E-state index contributed by atoms with van der Waals surface area (Å²) in [5, 5.41) is 10.3. The van der Waals surface area contributed by atoms with E-state index in [1.54, 1.807) is 18.9 Å². The molecule has 3 rings (SSSR count). The zero-order chi connectivity index (χ0) is 15.9. The molecule has 1 unspecified atom stereocenters. The Morgan fingerprint density at radius 3 is 3.09 bits per heavy atom. The van der Waals surface area contributed by atoms with Crippen LogP contribution in [-0.2, 0) is 11.8 Å². The lowest BCUT2D eigenvalue weighted by Gasteiger charge is -2.20. The zero-order valence-corrected chi connectivity index (χ0v) is 13.2. The molecular weight excluding hydrogens is 306 g/mol. The number of fused-ring (bicyclic) bond motifs is 1. The summed E-state index contributed by atoms with van der Waals surface area (Å²) in [6.07, 6.45) is 0.769. The number of thiophene rings is 1. The number of carbonyl (C=O) groups is 1. The Kier molecular flexibility index (Phi) is 3.98. The number of carbonyl (C=O) groups excluding carboxylic acids is 1. The van der Waals surface area contributed by atoms with Gasteiger partial charge in [0.1, 0.15) is 4.83 Å². The van der Waals surface area contributed by atoms with Crippen molar-refractivity contribution in [2.24, 2.45) is 7.05 Å². The number of β-amino-alcohol motifs (C(OH)–C–C–N with tert-alkyl or cyclic N) is 1. The molecule has 1 aliphatic heterocycles. The van der Waals surface area contributed by atoms with Gasteiger partial charge >= 0.3 is 0 Å². The lowest BCUT2D eigenvalue weighted by Crippen LogP contribution is -2.37. The standard InChI is InChI=1S/C14H17N3O4S/c1-8-10-12(15-7-16(2)13(10)19)22-11(8)14(20)17-3-4-21-6-9(18)5-17/h7,9,18H,3-6H2,1-2H3. The number of amides is 1. The second-order valence-electron chi connectivity index (χ2n) is 5.38. The van der Waals surface area contributed by atoms with E-state index in [2.05, 4.69) is 4.98 Å². The lowest BCUT2D eigenvalue weighted by molar-refractivity contribution is 0.0535. The molecule has 1 amide bonds. The monoisotopic (exact) mass is 323 g/mol. The molecule has 0 aliphatic carbocycles. The van der Waals surface area contributed by atoms with Gasteiger partial charge in [0.25, 0.3) is 11.5 Å². The van der Waals surface area contributed by atoms with Crippen LogP contribution in [-0.4, -0.2) is 57.9 Å². The third kappa shape index (κ3) is 2.53. The van der Waals surface area contributed by atoms with Gasteiger partial charge < -0.3 is 19.3 Å². The van der Waals surface area contributed by atoms with Crippen LogP contribution in [0.4, 0.5) is 0 Å². The van der Waals surface area contributed by atoms with Gasteiger partial charge in [-0.05, 0) is 12.5 Å². The molecule has 1 atom stereocenters. The molecule has 22 heavy (non-hydrogen) atoms. The van der Waals surface area contributed by atoms with Gasteiger partial charge in [-0.1, -0.05) is 0 Å². The topological polar surface area (TPSA) is 84.7 Å². The van der Waals surface area contributed by atoms with Crippen LogP contribution in [0.2, 0.25) is 0 Å². The first kappa shape index (κ1) is 15.1. The predicted octanol–water partition coefficient (Wildman–Crippen LogP) is 0.137. The Balaban J connectivity index is 2.02. The smallest absolute Gasteiger partial charge is 0.264 e. The first-order valence-electron chi connectivity index (χ1n) is 6.99. The zero-order valence-electron chi connectivity index (χ0n) is 12.4. The Labute approximate surface area is 130 Å². The largest absolute Gasteiger partial charge is 0.389 e. The summed E-state index contributed by atoms with van der Waals surface area (Å²) in [7, 11) is 1.63. The molecule has 3 heterocycles. The minimum Gasteiger partial charge on any atom is -0.389 e. The average Bonchev–Trinajstić information content (AvgIpc) is 2.67. The molecule has 0 radical (unpaired) electrons. The number of hydrogen-bond donors (Lipinski definition) is 1.